The second-order valence-electron chi connectivity index (χ2n) is 6.96. The molecule has 4 nitrogen and oxygen atoms in total. The molecule has 1 fully saturated rings. The standard InChI is InChI=1S/C19H21NO3S/c1-19(2)16(13-7-5-4-6-8-13)17(19)20-18(21)14-9-11-15(12-10-14)24(3,22)23/h4-12,16-17H,1-3H3,(H,20,21). The van der Waals surface area contributed by atoms with Crippen LogP contribution in [0.15, 0.2) is 59.5 Å². The highest BCUT2D eigenvalue weighted by Crippen LogP contribution is 2.58. The van der Waals surface area contributed by atoms with E-state index in [1.54, 1.807) is 12.1 Å². The van der Waals surface area contributed by atoms with Gasteiger partial charge in [-0.15, -0.1) is 0 Å². The highest BCUT2D eigenvalue weighted by atomic mass is 32.2. The van der Waals surface area contributed by atoms with Gasteiger partial charge in [-0.05, 0) is 35.2 Å². The molecule has 2 aromatic carbocycles. The van der Waals surface area contributed by atoms with Crippen molar-refractivity contribution in [3.63, 3.8) is 0 Å². The molecule has 2 unspecified atom stereocenters. The highest BCUT2D eigenvalue weighted by Gasteiger charge is 2.59. The minimum atomic E-state index is -3.25. The second kappa shape index (κ2) is 5.74. The van der Waals surface area contributed by atoms with Gasteiger partial charge in [0.1, 0.15) is 0 Å². The van der Waals surface area contributed by atoms with Gasteiger partial charge in [0.25, 0.3) is 5.91 Å². The molecule has 5 heteroatoms. The average molecular weight is 343 g/mol. The van der Waals surface area contributed by atoms with Crippen LogP contribution in [-0.4, -0.2) is 26.6 Å². The minimum absolute atomic E-state index is 0.00368. The van der Waals surface area contributed by atoms with Crippen molar-refractivity contribution < 1.29 is 13.2 Å². The van der Waals surface area contributed by atoms with Crippen LogP contribution in [-0.2, 0) is 9.84 Å². The van der Waals surface area contributed by atoms with Crippen LogP contribution >= 0.6 is 0 Å². The maximum Gasteiger partial charge on any atom is 0.251 e. The van der Waals surface area contributed by atoms with Crippen molar-refractivity contribution in [1.82, 2.24) is 5.32 Å². The van der Waals surface area contributed by atoms with Gasteiger partial charge in [-0.1, -0.05) is 44.2 Å². The van der Waals surface area contributed by atoms with Crippen molar-refractivity contribution in [3.05, 3.63) is 65.7 Å². The normalized spacial score (nSPS) is 22.0. The lowest BCUT2D eigenvalue weighted by Crippen LogP contribution is -2.28. The van der Waals surface area contributed by atoms with Gasteiger partial charge in [-0.3, -0.25) is 4.79 Å². The van der Waals surface area contributed by atoms with Crippen molar-refractivity contribution in [1.29, 1.82) is 0 Å². The number of hydrogen-bond donors (Lipinski definition) is 1. The molecule has 3 rings (SSSR count). The van der Waals surface area contributed by atoms with Crippen molar-refractivity contribution in [2.24, 2.45) is 5.41 Å². The summed E-state index contributed by atoms with van der Waals surface area (Å²) < 4.78 is 23.0. The van der Waals surface area contributed by atoms with Crippen LogP contribution in [0.5, 0.6) is 0 Å². The molecule has 24 heavy (non-hydrogen) atoms. The summed E-state index contributed by atoms with van der Waals surface area (Å²) in [5.74, 6) is 0.115. The van der Waals surface area contributed by atoms with Crippen molar-refractivity contribution in [3.8, 4) is 0 Å². The lowest BCUT2D eigenvalue weighted by molar-refractivity contribution is 0.0946. The monoisotopic (exact) mass is 343 g/mol. The molecule has 126 valence electrons. The van der Waals surface area contributed by atoms with Gasteiger partial charge >= 0.3 is 0 Å². The molecule has 1 N–H and O–H groups in total. The first-order chi connectivity index (χ1) is 11.2. The molecule has 0 radical (unpaired) electrons. The van der Waals surface area contributed by atoms with Gasteiger partial charge in [0.05, 0.1) is 4.90 Å². The lowest BCUT2D eigenvalue weighted by Gasteiger charge is -2.07. The fraction of sp³-hybridized carbons (Fsp3) is 0.316. The number of amides is 1. The first kappa shape index (κ1) is 16.7. The van der Waals surface area contributed by atoms with E-state index in [9.17, 15) is 13.2 Å². The maximum atomic E-state index is 12.5. The molecule has 0 saturated heterocycles. The smallest absolute Gasteiger partial charge is 0.251 e. The summed E-state index contributed by atoms with van der Waals surface area (Å²) >= 11 is 0. The number of sulfone groups is 1. The number of hydrogen-bond acceptors (Lipinski definition) is 3. The van der Waals surface area contributed by atoms with Crippen LogP contribution in [0.25, 0.3) is 0 Å². The van der Waals surface area contributed by atoms with Crippen molar-refractivity contribution in [2.75, 3.05) is 6.26 Å². The van der Waals surface area contributed by atoms with E-state index in [2.05, 4.69) is 31.3 Å². The minimum Gasteiger partial charge on any atom is -0.348 e. The number of rotatable bonds is 4. The molecule has 1 amide bonds. The SMILES string of the molecule is CC1(C)C(NC(=O)c2ccc(S(C)(=O)=O)cc2)C1c1ccccc1. The summed E-state index contributed by atoms with van der Waals surface area (Å²) in [6, 6.07) is 16.3. The van der Waals surface area contributed by atoms with Crippen LogP contribution in [0, 0.1) is 5.41 Å². The first-order valence-electron chi connectivity index (χ1n) is 7.87. The molecule has 0 aromatic heterocycles. The fourth-order valence-electron chi connectivity index (χ4n) is 3.27. The van der Waals surface area contributed by atoms with E-state index in [-0.39, 0.29) is 28.2 Å². The zero-order valence-electron chi connectivity index (χ0n) is 14.0. The summed E-state index contributed by atoms with van der Waals surface area (Å²) in [6.07, 6.45) is 1.15. The molecule has 1 aliphatic carbocycles. The molecule has 1 aliphatic rings. The Hall–Kier alpha value is -2.14. The number of carbonyl (C=O) groups excluding carboxylic acids is 1. The fourth-order valence-corrected chi connectivity index (χ4v) is 3.90. The van der Waals surface area contributed by atoms with Gasteiger partial charge in [0.2, 0.25) is 0 Å². The van der Waals surface area contributed by atoms with Crippen molar-refractivity contribution >= 4 is 15.7 Å². The molecule has 0 spiro atoms. The van der Waals surface area contributed by atoms with E-state index in [0.717, 1.165) is 6.26 Å². The molecule has 2 atom stereocenters. The maximum absolute atomic E-state index is 12.5. The third-order valence-corrected chi connectivity index (χ3v) is 5.95. The predicted molar refractivity (Wildman–Crippen MR) is 93.8 cm³/mol. The van der Waals surface area contributed by atoms with E-state index < -0.39 is 9.84 Å². The molecule has 0 bridgehead atoms. The molecule has 0 aliphatic heterocycles. The first-order valence-corrected chi connectivity index (χ1v) is 9.76. The third-order valence-electron chi connectivity index (χ3n) is 4.82. The summed E-state index contributed by atoms with van der Waals surface area (Å²) in [5.41, 5.74) is 1.70. The van der Waals surface area contributed by atoms with Crippen LogP contribution in [0.2, 0.25) is 0 Å². The molecular weight excluding hydrogens is 322 g/mol. The van der Waals surface area contributed by atoms with E-state index in [4.69, 9.17) is 0 Å². The Balaban J connectivity index is 1.74. The van der Waals surface area contributed by atoms with Gasteiger partial charge in [0.15, 0.2) is 9.84 Å². The van der Waals surface area contributed by atoms with Gasteiger partial charge < -0.3 is 5.32 Å². The number of nitrogens with one attached hydrogen (secondary N) is 1. The molecule has 0 heterocycles. The molecule has 1 saturated carbocycles. The Morgan fingerprint density at radius 1 is 1.00 bits per heavy atom. The largest absolute Gasteiger partial charge is 0.348 e. The Morgan fingerprint density at radius 3 is 2.12 bits per heavy atom. The molecule has 2 aromatic rings. The van der Waals surface area contributed by atoms with Crippen LogP contribution in [0.1, 0.15) is 35.7 Å². The van der Waals surface area contributed by atoms with E-state index >= 15 is 0 Å². The summed E-state index contributed by atoms with van der Waals surface area (Å²) in [7, 11) is -3.25. The summed E-state index contributed by atoms with van der Waals surface area (Å²) in [6.45, 7) is 4.28. The zero-order valence-corrected chi connectivity index (χ0v) is 14.8. The third kappa shape index (κ3) is 3.08. The summed E-state index contributed by atoms with van der Waals surface area (Å²) in [4.78, 5) is 12.7. The van der Waals surface area contributed by atoms with Crippen LogP contribution in [0.3, 0.4) is 0 Å². The zero-order chi connectivity index (χ0) is 17.5. The van der Waals surface area contributed by atoms with Crippen LogP contribution in [0.4, 0.5) is 0 Å². The topological polar surface area (TPSA) is 63.2 Å². The second-order valence-corrected chi connectivity index (χ2v) is 8.97. The van der Waals surface area contributed by atoms with Crippen LogP contribution < -0.4 is 5.32 Å². The van der Waals surface area contributed by atoms with Gasteiger partial charge in [0, 0.05) is 23.8 Å². The van der Waals surface area contributed by atoms with E-state index in [1.165, 1.54) is 17.7 Å². The Morgan fingerprint density at radius 2 is 1.58 bits per heavy atom. The number of carbonyl (C=O) groups is 1. The lowest BCUT2D eigenvalue weighted by atomic mass is 10.0. The average Bonchev–Trinajstić information content (AvgIpc) is 3.08. The van der Waals surface area contributed by atoms with E-state index in [1.807, 2.05) is 18.2 Å². The molecular formula is C19H21NO3S. The summed E-state index contributed by atoms with van der Waals surface area (Å²) in [5, 5.41) is 3.08. The Kier molecular flexibility index (Phi) is 4.00. The Labute approximate surface area is 142 Å². The quantitative estimate of drug-likeness (QED) is 0.928. The highest BCUT2D eigenvalue weighted by molar-refractivity contribution is 7.90. The predicted octanol–water partition coefficient (Wildman–Crippen LogP) is 3.01. The van der Waals surface area contributed by atoms with Crippen molar-refractivity contribution in [2.45, 2.75) is 30.7 Å². The van der Waals surface area contributed by atoms with Gasteiger partial charge in [-0.2, -0.15) is 0 Å². The van der Waals surface area contributed by atoms with Gasteiger partial charge in [-0.25, -0.2) is 8.42 Å². The van der Waals surface area contributed by atoms with E-state index in [0.29, 0.717) is 5.56 Å². The Bertz CT molecular complexity index is 855. The number of benzene rings is 2.